The lowest BCUT2D eigenvalue weighted by Gasteiger charge is -2.11. The number of methoxy groups -OCH3 is 1. The SMILES string of the molecule is COc1cc(C#N)ccc1OCCCC(=O)Nc1cccc(OC(F)F)c1. The molecular weight excluding hydrogens is 358 g/mol. The molecule has 0 saturated heterocycles. The molecule has 0 atom stereocenters. The molecule has 0 aliphatic carbocycles. The van der Waals surface area contributed by atoms with Crippen LogP contribution in [0.15, 0.2) is 42.5 Å². The molecule has 1 amide bonds. The maximum atomic E-state index is 12.2. The van der Waals surface area contributed by atoms with Gasteiger partial charge in [-0.2, -0.15) is 14.0 Å². The Kier molecular flexibility index (Phi) is 7.37. The minimum atomic E-state index is -2.92. The van der Waals surface area contributed by atoms with E-state index in [0.717, 1.165) is 0 Å². The first-order valence-corrected chi connectivity index (χ1v) is 8.07. The third kappa shape index (κ3) is 6.47. The Morgan fingerprint density at radius 3 is 2.74 bits per heavy atom. The number of amides is 1. The molecule has 0 spiro atoms. The summed E-state index contributed by atoms with van der Waals surface area (Å²) >= 11 is 0. The standard InChI is InChI=1S/C19H18F2N2O4/c1-25-17-10-13(12-22)7-8-16(17)26-9-3-6-18(24)23-14-4-2-5-15(11-14)27-19(20)21/h2,4-5,7-8,10-11,19H,3,6,9H2,1H3,(H,23,24). The third-order valence-electron chi connectivity index (χ3n) is 3.44. The summed E-state index contributed by atoms with van der Waals surface area (Å²) in [7, 11) is 1.47. The highest BCUT2D eigenvalue weighted by atomic mass is 19.3. The second-order valence-corrected chi connectivity index (χ2v) is 5.38. The van der Waals surface area contributed by atoms with Gasteiger partial charge in [-0.25, -0.2) is 0 Å². The van der Waals surface area contributed by atoms with Crippen LogP contribution in [0.5, 0.6) is 17.2 Å². The van der Waals surface area contributed by atoms with E-state index < -0.39 is 6.61 Å². The van der Waals surface area contributed by atoms with Crippen LogP contribution in [0, 0.1) is 11.3 Å². The van der Waals surface area contributed by atoms with Gasteiger partial charge in [0.2, 0.25) is 5.91 Å². The van der Waals surface area contributed by atoms with E-state index in [1.54, 1.807) is 24.3 Å². The summed E-state index contributed by atoms with van der Waals surface area (Å²) in [5, 5.41) is 11.5. The van der Waals surface area contributed by atoms with Crippen LogP contribution < -0.4 is 19.5 Å². The second kappa shape index (κ2) is 9.97. The van der Waals surface area contributed by atoms with Gasteiger partial charge in [0.15, 0.2) is 11.5 Å². The average molecular weight is 376 g/mol. The number of nitrogens with zero attached hydrogens (tertiary/aromatic N) is 1. The quantitative estimate of drug-likeness (QED) is 0.670. The van der Waals surface area contributed by atoms with E-state index in [2.05, 4.69) is 10.1 Å². The summed E-state index contributed by atoms with van der Waals surface area (Å²) in [4.78, 5) is 11.9. The van der Waals surface area contributed by atoms with Crippen molar-refractivity contribution in [3.05, 3.63) is 48.0 Å². The van der Waals surface area contributed by atoms with E-state index in [0.29, 0.717) is 29.2 Å². The highest BCUT2D eigenvalue weighted by Gasteiger charge is 2.08. The summed E-state index contributed by atoms with van der Waals surface area (Å²) in [6.45, 7) is -2.66. The first-order chi connectivity index (χ1) is 13.0. The molecule has 0 heterocycles. The molecule has 8 heteroatoms. The zero-order valence-corrected chi connectivity index (χ0v) is 14.6. The molecule has 0 radical (unpaired) electrons. The molecule has 6 nitrogen and oxygen atoms in total. The summed E-state index contributed by atoms with van der Waals surface area (Å²) in [5.41, 5.74) is 0.824. The number of alkyl halides is 2. The van der Waals surface area contributed by atoms with Gasteiger partial charge in [0, 0.05) is 24.2 Å². The normalized spacial score (nSPS) is 10.2. The Labute approximate surface area is 155 Å². The molecule has 142 valence electrons. The Morgan fingerprint density at radius 2 is 2.04 bits per heavy atom. The number of nitriles is 1. The molecule has 2 aromatic rings. The van der Waals surface area contributed by atoms with Gasteiger partial charge in [0.1, 0.15) is 5.75 Å². The lowest BCUT2D eigenvalue weighted by Crippen LogP contribution is -2.13. The van der Waals surface area contributed by atoms with E-state index in [1.807, 2.05) is 6.07 Å². The van der Waals surface area contributed by atoms with Gasteiger partial charge in [-0.05, 0) is 30.7 Å². The zero-order chi connectivity index (χ0) is 19.6. The Morgan fingerprint density at radius 1 is 1.22 bits per heavy atom. The van der Waals surface area contributed by atoms with Crippen LogP contribution in [-0.4, -0.2) is 26.2 Å². The fourth-order valence-electron chi connectivity index (χ4n) is 2.24. The molecule has 2 rings (SSSR count). The smallest absolute Gasteiger partial charge is 0.387 e. The lowest BCUT2D eigenvalue weighted by atomic mass is 10.2. The Balaban J connectivity index is 1.79. The topological polar surface area (TPSA) is 80.6 Å². The van der Waals surface area contributed by atoms with Crippen molar-refractivity contribution < 1.29 is 27.8 Å². The molecule has 2 aromatic carbocycles. The van der Waals surface area contributed by atoms with Gasteiger partial charge in [-0.15, -0.1) is 0 Å². The van der Waals surface area contributed by atoms with E-state index in [9.17, 15) is 13.6 Å². The van der Waals surface area contributed by atoms with Crippen molar-refractivity contribution in [2.75, 3.05) is 19.0 Å². The summed E-state index contributed by atoms with van der Waals surface area (Å²) in [6, 6.07) is 12.6. The number of anilines is 1. The molecule has 0 saturated carbocycles. The largest absolute Gasteiger partial charge is 0.493 e. The number of nitrogens with one attached hydrogen (secondary N) is 1. The van der Waals surface area contributed by atoms with Crippen LogP contribution in [-0.2, 0) is 4.79 Å². The van der Waals surface area contributed by atoms with Crippen molar-refractivity contribution in [2.24, 2.45) is 0 Å². The highest BCUT2D eigenvalue weighted by molar-refractivity contribution is 5.90. The predicted molar refractivity (Wildman–Crippen MR) is 94.1 cm³/mol. The maximum absolute atomic E-state index is 12.2. The first-order valence-electron chi connectivity index (χ1n) is 8.07. The molecule has 1 N–H and O–H groups in total. The first kappa shape index (κ1) is 20.0. The van der Waals surface area contributed by atoms with E-state index in [4.69, 9.17) is 14.7 Å². The monoisotopic (exact) mass is 376 g/mol. The number of rotatable bonds is 9. The predicted octanol–water partition coefficient (Wildman–Crippen LogP) is 3.97. The van der Waals surface area contributed by atoms with Gasteiger partial charge in [0.25, 0.3) is 0 Å². The highest BCUT2D eigenvalue weighted by Crippen LogP contribution is 2.28. The average Bonchev–Trinajstić information content (AvgIpc) is 2.65. The molecule has 0 aliphatic rings. The van der Waals surface area contributed by atoms with E-state index in [-0.39, 0.29) is 24.7 Å². The van der Waals surface area contributed by atoms with Crippen molar-refractivity contribution in [1.82, 2.24) is 0 Å². The minimum absolute atomic E-state index is 0.0287. The molecular formula is C19H18F2N2O4. The molecule has 27 heavy (non-hydrogen) atoms. The van der Waals surface area contributed by atoms with E-state index >= 15 is 0 Å². The maximum Gasteiger partial charge on any atom is 0.387 e. The van der Waals surface area contributed by atoms with Crippen molar-refractivity contribution in [3.63, 3.8) is 0 Å². The van der Waals surface area contributed by atoms with Crippen LogP contribution in [0.25, 0.3) is 0 Å². The fourth-order valence-corrected chi connectivity index (χ4v) is 2.24. The Hall–Kier alpha value is -3.34. The van der Waals surface area contributed by atoms with Gasteiger partial charge in [-0.1, -0.05) is 6.07 Å². The van der Waals surface area contributed by atoms with Crippen LogP contribution in [0.4, 0.5) is 14.5 Å². The second-order valence-electron chi connectivity index (χ2n) is 5.38. The number of ether oxygens (including phenoxy) is 3. The van der Waals surface area contributed by atoms with Gasteiger partial charge in [0.05, 0.1) is 25.3 Å². The third-order valence-corrected chi connectivity index (χ3v) is 3.44. The Bertz CT molecular complexity index is 822. The molecule has 0 aliphatic heterocycles. The summed E-state index contributed by atoms with van der Waals surface area (Å²) in [5.74, 6) is 0.613. The fraction of sp³-hybridized carbons (Fsp3) is 0.263. The van der Waals surface area contributed by atoms with Crippen molar-refractivity contribution in [3.8, 4) is 23.3 Å². The van der Waals surface area contributed by atoms with Crippen LogP contribution >= 0.6 is 0 Å². The number of hydrogen-bond acceptors (Lipinski definition) is 5. The van der Waals surface area contributed by atoms with Crippen molar-refractivity contribution in [1.29, 1.82) is 5.26 Å². The number of halogens is 2. The molecule has 0 fully saturated rings. The molecule has 0 aromatic heterocycles. The number of benzene rings is 2. The number of hydrogen-bond donors (Lipinski definition) is 1. The van der Waals surface area contributed by atoms with Gasteiger partial charge in [-0.3, -0.25) is 4.79 Å². The lowest BCUT2D eigenvalue weighted by molar-refractivity contribution is -0.116. The van der Waals surface area contributed by atoms with Crippen molar-refractivity contribution >= 4 is 11.6 Å². The zero-order valence-electron chi connectivity index (χ0n) is 14.6. The number of carbonyl (C=O) groups excluding carboxylic acids is 1. The van der Waals surface area contributed by atoms with Crippen LogP contribution in [0.3, 0.4) is 0 Å². The van der Waals surface area contributed by atoms with Crippen LogP contribution in [0.2, 0.25) is 0 Å². The summed E-state index contributed by atoms with van der Waals surface area (Å²) in [6.07, 6.45) is 0.612. The van der Waals surface area contributed by atoms with Crippen LogP contribution in [0.1, 0.15) is 18.4 Å². The molecule has 0 unspecified atom stereocenters. The van der Waals surface area contributed by atoms with Gasteiger partial charge < -0.3 is 19.5 Å². The molecule has 0 bridgehead atoms. The number of carbonyl (C=O) groups is 1. The van der Waals surface area contributed by atoms with E-state index in [1.165, 1.54) is 25.3 Å². The van der Waals surface area contributed by atoms with Crippen molar-refractivity contribution in [2.45, 2.75) is 19.5 Å². The van der Waals surface area contributed by atoms with Gasteiger partial charge >= 0.3 is 6.61 Å². The minimum Gasteiger partial charge on any atom is -0.493 e. The summed E-state index contributed by atoms with van der Waals surface area (Å²) < 4.78 is 39.4.